The molecule has 0 bridgehead atoms. The van der Waals surface area contributed by atoms with Crippen LogP contribution in [-0.4, -0.2) is 29.8 Å². The van der Waals surface area contributed by atoms with Crippen LogP contribution in [-0.2, 0) is 0 Å². The maximum atomic E-state index is 4.05. The Hall–Kier alpha value is -1.16. The van der Waals surface area contributed by atoms with Crippen LogP contribution >= 0.6 is 0 Å². The van der Waals surface area contributed by atoms with Crippen molar-refractivity contribution in [2.24, 2.45) is 5.92 Å². The third-order valence-corrected chi connectivity index (χ3v) is 2.82. The molecule has 0 aliphatic carbocycles. The molecule has 1 aromatic heterocycles. The lowest BCUT2D eigenvalue weighted by molar-refractivity contribution is 0.389. The summed E-state index contributed by atoms with van der Waals surface area (Å²) in [5, 5.41) is 14.7. The van der Waals surface area contributed by atoms with Crippen LogP contribution in [0.1, 0.15) is 18.4 Å². The second kappa shape index (κ2) is 5.07. The number of nitrogens with one attached hydrogen (secondary N) is 2. The van der Waals surface area contributed by atoms with Crippen molar-refractivity contribution in [3.05, 3.63) is 17.8 Å². The zero-order valence-electron chi connectivity index (χ0n) is 9.16. The molecule has 0 aromatic carbocycles. The lowest BCUT2D eigenvalue weighted by Crippen LogP contribution is -2.31. The maximum Gasteiger partial charge on any atom is 0.148 e. The summed E-state index contributed by atoms with van der Waals surface area (Å²) in [5.74, 6) is 1.67. The van der Waals surface area contributed by atoms with E-state index in [1.807, 2.05) is 13.0 Å². The molecular formula is C11H18N4. The molecule has 1 aliphatic heterocycles. The smallest absolute Gasteiger partial charge is 0.148 e. The summed E-state index contributed by atoms with van der Waals surface area (Å²) in [4.78, 5) is 0. The molecule has 4 heteroatoms. The predicted octanol–water partition coefficient (Wildman–Crippen LogP) is 1.20. The number of piperidine rings is 1. The van der Waals surface area contributed by atoms with Gasteiger partial charge in [-0.25, -0.2) is 0 Å². The summed E-state index contributed by atoms with van der Waals surface area (Å²) < 4.78 is 0. The molecule has 0 radical (unpaired) electrons. The molecular weight excluding hydrogens is 188 g/mol. The third-order valence-electron chi connectivity index (χ3n) is 2.82. The van der Waals surface area contributed by atoms with E-state index in [0.717, 1.165) is 36.9 Å². The van der Waals surface area contributed by atoms with Crippen molar-refractivity contribution >= 4 is 5.82 Å². The van der Waals surface area contributed by atoms with Gasteiger partial charge in [0.15, 0.2) is 0 Å². The number of aryl methyl sites for hydroxylation is 1. The van der Waals surface area contributed by atoms with Gasteiger partial charge in [0.1, 0.15) is 5.82 Å². The molecule has 2 heterocycles. The molecule has 1 aromatic rings. The summed E-state index contributed by atoms with van der Waals surface area (Å²) in [7, 11) is 0. The highest BCUT2D eigenvalue weighted by atomic mass is 15.2. The predicted molar refractivity (Wildman–Crippen MR) is 60.9 cm³/mol. The van der Waals surface area contributed by atoms with Crippen molar-refractivity contribution in [2.75, 3.05) is 25.0 Å². The van der Waals surface area contributed by atoms with E-state index >= 15 is 0 Å². The van der Waals surface area contributed by atoms with Crippen LogP contribution < -0.4 is 10.6 Å². The van der Waals surface area contributed by atoms with E-state index in [-0.39, 0.29) is 0 Å². The van der Waals surface area contributed by atoms with Crippen LogP contribution in [0.3, 0.4) is 0 Å². The summed E-state index contributed by atoms with van der Waals surface area (Å²) in [6.07, 6.45) is 4.29. The minimum Gasteiger partial charge on any atom is -0.368 e. The van der Waals surface area contributed by atoms with Crippen LogP contribution in [0.5, 0.6) is 0 Å². The Morgan fingerprint density at radius 1 is 1.47 bits per heavy atom. The van der Waals surface area contributed by atoms with E-state index in [1.165, 1.54) is 12.8 Å². The van der Waals surface area contributed by atoms with Crippen LogP contribution in [0, 0.1) is 12.8 Å². The quantitative estimate of drug-likeness (QED) is 0.780. The van der Waals surface area contributed by atoms with Crippen LogP contribution in [0.15, 0.2) is 12.3 Å². The summed E-state index contributed by atoms with van der Waals surface area (Å²) >= 11 is 0. The fourth-order valence-corrected chi connectivity index (χ4v) is 1.89. The fourth-order valence-electron chi connectivity index (χ4n) is 1.89. The van der Waals surface area contributed by atoms with Crippen molar-refractivity contribution in [2.45, 2.75) is 19.8 Å². The number of anilines is 1. The third kappa shape index (κ3) is 3.16. The lowest BCUT2D eigenvalue weighted by atomic mass is 9.98. The molecule has 0 spiro atoms. The van der Waals surface area contributed by atoms with Gasteiger partial charge in [-0.05, 0) is 50.4 Å². The van der Waals surface area contributed by atoms with Gasteiger partial charge < -0.3 is 10.6 Å². The molecule has 2 rings (SSSR count). The number of hydrogen-bond acceptors (Lipinski definition) is 4. The van der Waals surface area contributed by atoms with Gasteiger partial charge in [-0.1, -0.05) is 0 Å². The van der Waals surface area contributed by atoms with Crippen molar-refractivity contribution in [3.63, 3.8) is 0 Å². The first-order valence-electron chi connectivity index (χ1n) is 5.58. The first-order valence-corrected chi connectivity index (χ1v) is 5.58. The van der Waals surface area contributed by atoms with E-state index in [1.54, 1.807) is 6.20 Å². The summed E-state index contributed by atoms with van der Waals surface area (Å²) in [6.45, 7) is 5.34. The Balaban J connectivity index is 1.81. The van der Waals surface area contributed by atoms with Crippen molar-refractivity contribution in [1.82, 2.24) is 15.5 Å². The molecule has 2 N–H and O–H groups in total. The number of hydrogen-bond donors (Lipinski definition) is 2. The molecule has 82 valence electrons. The molecule has 15 heavy (non-hydrogen) atoms. The van der Waals surface area contributed by atoms with Crippen molar-refractivity contribution in [3.8, 4) is 0 Å². The number of rotatable bonds is 3. The Bertz CT molecular complexity index is 307. The molecule has 0 atom stereocenters. The van der Waals surface area contributed by atoms with Gasteiger partial charge in [0, 0.05) is 6.54 Å². The molecule has 4 nitrogen and oxygen atoms in total. The fraction of sp³-hybridized carbons (Fsp3) is 0.636. The van der Waals surface area contributed by atoms with Gasteiger partial charge in [-0.2, -0.15) is 5.10 Å². The zero-order chi connectivity index (χ0) is 10.5. The minimum absolute atomic E-state index is 0.772. The first-order chi connectivity index (χ1) is 7.34. The molecule has 0 unspecified atom stereocenters. The molecule has 0 saturated carbocycles. The Morgan fingerprint density at radius 2 is 2.27 bits per heavy atom. The lowest BCUT2D eigenvalue weighted by Gasteiger charge is -2.22. The van der Waals surface area contributed by atoms with Gasteiger partial charge in [-0.15, -0.1) is 5.10 Å². The maximum absolute atomic E-state index is 4.05. The monoisotopic (exact) mass is 206 g/mol. The van der Waals surface area contributed by atoms with Crippen LogP contribution in [0.2, 0.25) is 0 Å². The van der Waals surface area contributed by atoms with E-state index < -0.39 is 0 Å². The average Bonchev–Trinajstić information content (AvgIpc) is 2.28. The first kappa shape index (κ1) is 10.4. The molecule has 0 amide bonds. The Morgan fingerprint density at radius 3 is 3.00 bits per heavy atom. The number of nitrogens with zero attached hydrogens (tertiary/aromatic N) is 2. The normalized spacial score (nSPS) is 17.7. The van der Waals surface area contributed by atoms with Crippen molar-refractivity contribution in [1.29, 1.82) is 0 Å². The molecule has 1 aliphatic rings. The second-order valence-corrected chi connectivity index (χ2v) is 4.19. The van der Waals surface area contributed by atoms with Crippen LogP contribution in [0.4, 0.5) is 5.82 Å². The topological polar surface area (TPSA) is 49.8 Å². The largest absolute Gasteiger partial charge is 0.368 e. The van der Waals surface area contributed by atoms with Gasteiger partial charge in [0.05, 0.1) is 6.20 Å². The highest BCUT2D eigenvalue weighted by Gasteiger charge is 2.12. The standard InChI is InChI=1S/C11H18N4/c1-9-6-11(15-14-7-9)13-8-10-2-4-12-5-3-10/h6-7,10,12H,2-5,8H2,1H3,(H,13,15). The summed E-state index contributed by atoms with van der Waals surface area (Å²) in [5.41, 5.74) is 1.15. The number of aromatic nitrogens is 2. The summed E-state index contributed by atoms with van der Waals surface area (Å²) in [6, 6.07) is 2.04. The van der Waals surface area contributed by atoms with E-state index in [2.05, 4.69) is 20.8 Å². The average molecular weight is 206 g/mol. The van der Waals surface area contributed by atoms with Crippen LogP contribution in [0.25, 0.3) is 0 Å². The van der Waals surface area contributed by atoms with Gasteiger partial charge in [-0.3, -0.25) is 0 Å². The van der Waals surface area contributed by atoms with E-state index in [9.17, 15) is 0 Å². The van der Waals surface area contributed by atoms with E-state index in [0.29, 0.717) is 0 Å². The van der Waals surface area contributed by atoms with Gasteiger partial charge in [0.25, 0.3) is 0 Å². The SMILES string of the molecule is Cc1cnnc(NCC2CCNCC2)c1. The second-order valence-electron chi connectivity index (χ2n) is 4.19. The van der Waals surface area contributed by atoms with Gasteiger partial charge in [0.2, 0.25) is 0 Å². The highest BCUT2D eigenvalue weighted by Crippen LogP contribution is 2.12. The zero-order valence-corrected chi connectivity index (χ0v) is 9.16. The highest BCUT2D eigenvalue weighted by molar-refractivity contribution is 5.34. The van der Waals surface area contributed by atoms with Gasteiger partial charge >= 0.3 is 0 Å². The van der Waals surface area contributed by atoms with Crippen molar-refractivity contribution < 1.29 is 0 Å². The molecule has 1 fully saturated rings. The molecule has 1 saturated heterocycles. The van der Waals surface area contributed by atoms with E-state index in [4.69, 9.17) is 0 Å². The Kier molecular flexibility index (Phi) is 3.50. The Labute approximate surface area is 90.5 Å². The minimum atomic E-state index is 0.772.